The Labute approximate surface area is 164 Å². The van der Waals surface area contributed by atoms with Gasteiger partial charge in [-0.25, -0.2) is 18.9 Å². The summed E-state index contributed by atoms with van der Waals surface area (Å²) in [5.41, 5.74) is 0.812. The van der Waals surface area contributed by atoms with Crippen LogP contribution in [0.15, 0.2) is 54.2 Å². The number of carbonyl (C=O) groups is 4. The Bertz CT molecular complexity index is 1020. The number of methoxy groups -OCH3 is 1. The quantitative estimate of drug-likeness (QED) is 0.457. The number of nitrogens with one attached hydrogen (secondary N) is 2. The SMILES string of the molecule is COC(=O)c1ccc(/C=C2/NC(=O)N(CC(=O)Nc3ccccc3F)C2=O)cc1. The van der Waals surface area contributed by atoms with Gasteiger partial charge in [-0.3, -0.25) is 9.59 Å². The molecule has 0 aromatic heterocycles. The summed E-state index contributed by atoms with van der Waals surface area (Å²) in [5, 5.41) is 4.70. The number of amides is 4. The molecule has 2 aromatic carbocycles. The number of benzene rings is 2. The first-order valence-corrected chi connectivity index (χ1v) is 8.46. The van der Waals surface area contributed by atoms with Gasteiger partial charge in [0, 0.05) is 0 Å². The molecule has 0 aliphatic carbocycles. The molecule has 8 nitrogen and oxygen atoms in total. The van der Waals surface area contributed by atoms with Crippen LogP contribution in [0.5, 0.6) is 0 Å². The zero-order valence-corrected chi connectivity index (χ0v) is 15.3. The monoisotopic (exact) mass is 397 g/mol. The van der Waals surface area contributed by atoms with Crippen LogP contribution < -0.4 is 10.6 Å². The van der Waals surface area contributed by atoms with Gasteiger partial charge in [0.25, 0.3) is 5.91 Å². The first-order chi connectivity index (χ1) is 13.9. The highest BCUT2D eigenvalue weighted by Crippen LogP contribution is 2.16. The van der Waals surface area contributed by atoms with E-state index in [-0.39, 0.29) is 11.4 Å². The van der Waals surface area contributed by atoms with Gasteiger partial charge in [-0.2, -0.15) is 0 Å². The van der Waals surface area contributed by atoms with Crippen LogP contribution in [0.1, 0.15) is 15.9 Å². The lowest BCUT2D eigenvalue weighted by molar-refractivity contribution is -0.127. The smallest absolute Gasteiger partial charge is 0.337 e. The first-order valence-electron chi connectivity index (χ1n) is 8.46. The molecule has 29 heavy (non-hydrogen) atoms. The number of para-hydroxylation sites is 1. The summed E-state index contributed by atoms with van der Waals surface area (Å²) in [7, 11) is 1.27. The second-order valence-corrected chi connectivity index (χ2v) is 6.02. The maximum Gasteiger partial charge on any atom is 0.337 e. The minimum atomic E-state index is -0.767. The Hall–Kier alpha value is -4.01. The van der Waals surface area contributed by atoms with E-state index >= 15 is 0 Å². The van der Waals surface area contributed by atoms with Crippen molar-refractivity contribution in [3.05, 3.63) is 71.2 Å². The Morgan fingerprint density at radius 2 is 1.83 bits per heavy atom. The summed E-state index contributed by atoms with van der Waals surface area (Å²) in [6.45, 7) is -0.572. The van der Waals surface area contributed by atoms with Crippen molar-refractivity contribution in [1.29, 1.82) is 0 Å². The number of urea groups is 1. The average molecular weight is 397 g/mol. The molecule has 1 aliphatic heterocycles. The van der Waals surface area contributed by atoms with Gasteiger partial charge >= 0.3 is 12.0 Å². The van der Waals surface area contributed by atoms with Crippen LogP contribution >= 0.6 is 0 Å². The Kier molecular flexibility index (Phi) is 5.68. The number of esters is 1. The predicted octanol–water partition coefficient (Wildman–Crippen LogP) is 2.14. The van der Waals surface area contributed by atoms with Crippen LogP contribution in [-0.4, -0.2) is 42.4 Å². The number of anilines is 1. The lowest BCUT2D eigenvalue weighted by Crippen LogP contribution is -2.38. The molecule has 9 heteroatoms. The highest BCUT2D eigenvalue weighted by atomic mass is 19.1. The number of halogens is 1. The van der Waals surface area contributed by atoms with Crippen molar-refractivity contribution in [2.75, 3.05) is 19.0 Å². The van der Waals surface area contributed by atoms with Gasteiger partial charge in [-0.15, -0.1) is 0 Å². The van der Waals surface area contributed by atoms with E-state index < -0.39 is 36.2 Å². The van der Waals surface area contributed by atoms with Crippen molar-refractivity contribution >= 4 is 35.6 Å². The number of imide groups is 1. The fourth-order valence-corrected chi connectivity index (χ4v) is 2.61. The number of nitrogens with zero attached hydrogens (tertiary/aromatic N) is 1. The Balaban J connectivity index is 1.69. The summed E-state index contributed by atoms with van der Waals surface area (Å²) in [4.78, 5) is 48.8. The van der Waals surface area contributed by atoms with Gasteiger partial charge in [-0.05, 0) is 35.9 Å². The number of hydrogen-bond donors (Lipinski definition) is 2. The summed E-state index contributed by atoms with van der Waals surface area (Å²) in [6.07, 6.45) is 1.41. The van der Waals surface area contributed by atoms with Crippen LogP contribution in [-0.2, 0) is 14.3 Å². The molecule has 0 atom stereocenters. The predicted molar refractivity (Wildman–Crippen MR) is 101 cm³/mol. The van der Waals surface area contributed by atoms with Gasteiger partial charge < -0.3 is 15.4 Å². The Morgan fingerprint density at radius 1 is 1.14 bits per heavy atom. The van der Waals surface area contributed by atoms with Gasteiger partial charge in [0.1, 0.15) is 18.1 Å². The normalized spacial score (nSPS) is 14.7. The topological polar surface area (TPSA) is 105 Å². The molecular weight excluding hydrogens is 381 g/mol. The second kappa shape index (κ2) is 8.34. The summed E-state index contributed by atoms with van der Waals surface area (Å²) >= 11 is 0. The molecule has 0 unspecified atom stereocenters. The van der Waals surface area contributed by atoms with Crippen LogP contribution in [0.2, 0.25) is 0 Å². The largest absolute Gasteiger partial charge is 0.465 e. The third-order valence-corrected chi connectivity index (χ3v) is 4.05. The molecule has 2 aromatic rings. The summed E-state index contributed by atoms with van der Waals surface area (Å²) < 4.78 is 18.2. The highest BCUT2D eigenvalue weighted by molar-refractivity contribution is 6.16. The van der Waals surface area contributed by atoms with E-state index in [1.807, 2.05) is 0 Å². The fraction of sp³-hybridized carbons (Fsp3) is 0.100. The molecule has 0 bridgehead atoms. The fourth-order valence-electron chi connectivity index (χ4n) is 2.61. The van der Waals surface area contributed by atoms with E-state index in [1.54, 1.807) is 18.2 Å². The van der Waals surface area contributed by atoms with E-state index in [0.717, 1.165) is 0 Å². The first kappa shape index (κ1) is 19.7. The van der Waals surface area contributed by atoms with Crippen molar-refractivity contribution in [1.82, 2.24) is 10.2 Å². The maximum atomic E-state index is 13.6. The van der Waals surface area contributed by atoms with Gasteiger partial charge in [0.05, 0.1) is 18.4 Å². The lowest BCUT2D eigenvalue weighted by atomic mass is 10.1. The molecule has 1 fully saturated rings. The highest BCUT2D eigenvalue weighted by Gasteiger charge is 2.35. The number of rotatable bonds is 5. The van der Waals surface area contributed by atoms with Crippen molar-refractivity contribution in [2.45, 2.75) is 0 Å². The number of ether oxygens (including phenoxy) is 1. The van der Waals surface area contributed by atoms with Crippen molar-refractivity contribution in [3.63, 3.8) is 0 Å². The van der Waals surface area contributed by atoms with Gasteiger partial charge in [0.2, 0.25) is 5.91 Å². The van der Waals surface area contributed by atoms with Crippen molar-refractivity contribution < 1.29 is 28.3 Å². The maximum absolute atomic E-state index is 13.6. The third kappa shape index (κ3) is 4.46. The molecule has 0 saturated carbocycles. The minimum Gasteiger partial charge on any atom is -0.465 e. The minimum absolute atomic E-state index is 0.0282. The van der Waals surface area contributed by atoms with Crippen LogP contribution in [0, 0.1) is 5.82 Å². The molecule has 0 spiro atoms. The molecular formula is C20H16FN3O5. The van der Waals surface area contributed by atoms with E-state index in [4.69, 9.17) is 0 Å². The zero-order valence-electron chi connectivity index (χ0n) is 15.3. The summed E-state index contributed by atoms with van der Waals surface area (Å²) in [6, 6.07) is 11.0. The standard InChI is InChI=1S/C20H16FN3O5/c1-29-19(27)13-8-6-12(7-9-13)10-16-18(26)24(20(28)23-16)11-17(25)22-15-5-3-2-4-14(15)21/h2-10H,11H2,1H3,(H,22,25)(H,23,28)/b16-10+. The molecule has 3 rings (SSSR count). The van der Waals surface area contributed by atoms with Gasteiger partial charge in [-0.1, -0.05) is 24.3 Å². The molecule has 1 aliphatic rings. The molecule has 0 radical (unpaired) electrons. The molecule has 4 amide bonds. The number of hydrogen-bond acceptors (Lipinski definition) is 5. The van der Waals surface area contributed by atoms with Crippen molar-refractivity contribution in [3.8, 4) is 0 Å². The zero-order chi connectivity index (χ0) is 21.0. The third-order valence-electron chi connectivity index (χ3n) is 4.05. The van der Waals surface area contributed by atoms with E-state index in [9.17, 15) is 23.6 Å². The van der Waals surface area contributed by atoms with Crippen LogP contribution in [0.3, 0.4) is 0 Å². The molecule has 148 valence electrons. The van der Waals surface area contributed by atoms with Crippen molar-refractivity contribution in [2.24, 2.45) is 0 Å². The van der Waals surface area contributed by atoms with E-state index in [2.05, 4.69) is 15.4 Å². The molecule has 2 N–H and O–H groups in total. The van der Waals surface area contributed by atoms with E-state index in [1.165, 1.54) is 43.5 Å². The van der Waals surface area contributed by atoms with Crippen LogP contribution in [0.4, 0.5) is 14.9 Å². The Morgan fingerprint density at radius 3 is 2.48 bits per heavy atom. The second-order valence-electron chi connectivity index (χ2n) is 6.02. The lowest BCUT2D eigenvalue weighted by Gasteiger charge is -2.12. The molecule has 1 heterocycles. The summed E-state index contributed by atoms with van der Waals surface area (Å²) in [5.74, 6) is -2.55. The average Bonchev–Trinajstić information content (AvgIpc) is 2.97. The number of carbonyl (C=O) groups excluding carboxylic acids is 4. The van der Waals surface area contributed by atoms with Crippen LogP contribution in [0.25, 0.3) is 6.08 Å². The van der Waals surface area contributed by atoms with Gasteiger partial charge in [0.15, 0.2) is 0 Å². The van der Waals surface area contributed by atoms with E-state index in [0.29, 0.717) is 16.0 Å². The molecule has 1 saturated heterocycles.